The Morgan fingerprint density at radius 2 is 0.837 bits per heavy atom. The first-order chi connectivity index (χ1) is 24.3. The number of hydrogen-bond donors (Lipinski definition) is 0. The van der Waals surface area contributed by atoms with Crippen molar-refractivity contribution in [2.75, 3.05) is 9.80 Å². The predicted octanol–water partition coefficient (Wildman–Crippen LogP) is 13.2. The van der Waals surface area contributed by atoms with Crippen LogP contribution in [0.2, 0.25) is 0 Å². The maximum absolute atomic E-state index is 6.71. The van der Waals surface area contributed by atoms with Crippen LogP contribution in [0.5, 0.6) is 11.5 Å². The second kappa shape index (κ2) is 12.2. The van der Waals surface area contributed by atoms with E-state index in [2.05, 4.69) is 204 Å². The van der Waals surface area contributed by atoms with Gasteiger partial charge >= 0.3 is 0 Å². The molecule has 0 amide bonds. The van der Waals surface area contributed by atoms with Gasteiger partial charge in [-0.3, -0.25) is 0 Å². The van der Waals surface area contributed by atoms with Crippen molar-refractivity contribution >= 4 is 44.9 Å². The van der Waals surface area contributed by atoms with E-state index in [1.807, 2.05) is 0 Å². The molecule has 0 radical (unpaired) electrons. The van der Waals surface area contributed by atoms with Gasteiger partial charge in [0.1, 0.15) is 11.5 Å². The highest BCUT2D eigenvalue weighted by Crippen LogP contribution is 2.51. The molecule has 8 aromatic carbocycles. The second-order valence-electron chi connectivity index (χ2n) is 12.2. The predicted molar refractivity (Wildman–Crippen MR) is 204 cm³/mol. The van der Waals surface area contributed by atoms with Crippen LogP contribution in [0, 0.1) is 0 Å². The smallest absolute Gasteiger partial charge is 0.136 e. The number of rotatable bonds is 7. The zero-order valence-corrected chi connectivity index (χ0v) is 26.8. The Morgan fingerprint density at radius 3 is 1.41 bits per heavy atom. The maximum atomic E-state index is 6.71. The van der Waals surface area contributed by atoms with Crippen LogP contribution in [0.3, 0.4) is 0 Å². The SMILES string of the molecule is c1ccc(N(c2ccccc2)c2ccc(-c3ccc4c(c3)Oc3ccc(N(c5ccccc5)c5ccccc5)c5cccc-4c35)cc2)cc1. The third-order valence-corrected chi connectivity index (χ3v) is 9.23. The molecular weight excluding hydrogens is 597 g/mol. The number of nitrogens with zero attached hydrogens (tertiary/aromatic N) is 2. The molecule has 0 N–H and O–H groups in total. The van der Waals surface area contributed by atoms with Gasteiger partial charge in [-0.15, -0.1) is 0 Å². The first kappa shape index (κ1) is 28.6. The molecular formula is C46H32N2O. The molecule has 1 heterocycles. The lowest BCUT2D eigenvalue weighted by atomic mass is 9.92. The molecule has 232 valence electrons. The molecule has 0 saturated heterocycles. The number of anilines is 6. The highest BCUT2D eigenvalue weighted by Gasteiger charge is 2.24. The monoisotopic (exact) mass is 628 g/mol. The third kappa shape index (κ3) is 5.18. The average molecular weight is 629 g/mol. The summed E-state index contributed by atoms with van der Waals surface area (Å²) in [5.41, 5.74) is 11.2. The van der Waals surface area contributed by atoms with E-state index in [4.69, 9.17) is 4.74 Å². The van der Waals surface area contributed by atoms with E-state index in [0.717, 1.165) is 73.1 Å². The largest absolute Gasteiger partial charge is 0.456 e. The number of hydrogen-bond acceptors (Lipinski definition) is 3. The summed E-state index contributed by atoms with van der Waals surface area (Å²) >= 11 is 0. The van der Waals surface area contributed by atoms with Crippen molar-refractivity contribution in [3.63, 3.8) is 0 Å². The summed E-state index contributed by atoms with van der Waals surface area (Å²) in [6.07, 6.45) is 0. The van der Waals surface area contributed by atoms with Gasteiger partial charge in [-0.1, -0.05) is 109 Å². The van der Waals surface area contributed by atoms with Crippen molar-refractivity contribution < 1.29 is 4.74 Å². The van der Waals surface area contributed by atoms with E-state index >= 15 is 0 Å². The highest BCUT2D eigenvalue weighted by molar-refractivity contribution is 6.11. The summed E-state index contributed by atoms with van der Waals surface area (Å²) in [4.78, 5) is 4.60. The Labute approximate surface area is 286 Å². The second-order valence-corrected chi connectivity index (χ2v) is 12.2. The van der Waals surface area contributed by atoms with Crippen molar-refractivity contribution in [3.05, 3.63) is 194 Å². The van der Waals surface area contributed by atoms with E-state index in [-0.39, 0.29) is 0 Å². The van der Waals surface area contributed by atoms with Crippen LogP contribution >= 0.6 is 0 Å². The Bertz CT molecular complexity index is 2310. The lowest BCUT2D eigenvalue weighted by molar-refractivity contribution is 0.487. The zero-order valence-electron chi connectivity index (χ0n) is 26.8. The van der Waals surface area contributed by atoms with Gasteiger partial charge in [-0.2, -0.15) is 0 Å². The quantitative estimate of drug-likeness (QED) is 0.175. The fourth-order valence-corrected chi connectivity index (χ4v) is 6.98. The molecule has 8 aromatic rings. The van der Waals surface area contributed by atoms with Crippen molar-refractivity contribution in [1.29, 1.82) is 0 Å². The standard InChI is InChI=1S/C46H32N2O/c1-5-14-35(15-6-1)47(36-16-7-2-8-17-36)39-27-24-33(25-28-39)34-26-29-40-41-22-13-23-42-43(30-31-44(46(41)42)49-45(40)32-34)48(37-18-9-3-10-19-37)38-20-11-4-12-21-38/h1-32H. The zero-order chi connectivity index (χ0) is 32.6. The van der Waals surface area contributed by atoms with Gasteiger partial charge in [-0.25, -0.2) is 0 Å². The van der Waals surface area contributed by atoms with Crippen molar-refractivity contribution in [2.24, 2.45) is 0 Å². The summed E-state index contributed by atoms with van der Waals surface area (Å²) in [6.45, 7) is 0. The minimum Gasteiger partial charge on any atom is -0.456 e. The fraction of sp³-hybridized carbons (Fsp3) is 0. The molecule has 0 atom stereocenters. The molecule has 0 saturated carbocycles. The summed E-state index contributed by atoms with van der Waals surface area (Å²) in [5.74, 6) is 1.74. The average Bonchev–Trinajstić information content (AvgIpc) is 3.18. The molecule has 1 aliphatic heterocycles. The van der Waals surface area contributed by atoms with Crippen LogP contribution in [0.15, 0.2) is 194 Å². The maximum Gasteiger partial charge on any atom is 0.136 e. The minimum atomic E-state index is 0.868. The van der Waals surface area contributed by atoms with Gasteiger partial charge in [-0.05, 0) is 102 Å². The highest BCUT2D eigenvalue weighted by atomic mass is 16.5. The molecule has 0 aromatic heterocycles. The van der Waals surface area contributed by atoms with E-state index in [0.29, 0.717) is 0 Å². The van der Waals surface area contributed by atoms with Crippen molar-refractivity contribution in [3.8, 4) is 33.8 Å². The van der Waals surface area contributed by atoms with Crippen LogP contribution in [-0.4, -0.2) is 0 Å². The molecule has 0 unspecified atom stereocenters. The Hall–Kier alpha value is -6.58. The van der Waals surface area contributed by atoms with Crippen LogP contribution in [0.25, 0.3) is 33.0 Å². The summed E-state index contributed by atoms with van der Waals surface area (Å²) in [7, 11) is 0. The fourth-order valence-electron chi connectivity index (χ4n) is 6.98. The van der Waals surface area contributed by atoms with Crippen LogP contribution in [0.4, 0.5) is 34.1 Å². The van der Waals surface area contributed by atoms with E-state index in [1.165, 1.54) is 5.56 Å². The van der Waals surface area contributed by atoms with Gasteiger partial charge in [0.25, 0.3) is 0 Å². The van der Waals surface area contributed by atoms with Crippen LogP contribution in [0.1, 0.15) is 0 Å². The van der Waals surface area contributed by atoms with Crippen LogP contribution < -0.4 is 14.5 Å². The van der Waals surface area contributed by atoms with Gasteiger partial charge in [0, 0.05) is 44.8 Å². The van der Waals surface area contributed by atoms with Gasteiger partial charge < -0.3 is 14.5 Å². The normalized spacial score (nSPS) is 11.4. The molecule has 3 heteroatoms. The summed E-state index contributed by atoms with van der Waals surface area (Å²) in [5, 5.41) is 2.28. The topological polar surface area (TPSA) is 15.7 Å². The lowest BCUT2D eigenvalue weighted by Gasteiger charge is -2.29. The first-order valence-electron chi connectivity index (χ1n) is 16.6. The number of ether oxygens (including phenoxy) is 1. The number of fused-ring (bicyclic) bond motifs is 2. The van der Waals surface area contributed by atoms with E-state index in [1.54, 1.807) is 0 Å². The first-order valence-corrected chi connectivity index (χ1v) is 16.6. The Kier molecular flexibility index (Phi) is 7.14. The number of para-hydroxylation sites is 4. The van der Waals surface area contributed by atoms with Crippen LogP contribution in [-0.2, 0) is 0 Å². The van der Waals surface area contributed by atoms with E-state index < -0.39 is 0 Å². The molecule has 0 aliphatic carbocycles. The summed E-state index contributed by atoms with van der Waals surface area (Å²) < 4.78 is 6.71. The van der Waals surface area contributed by atoms with Crippen molar-refractivity contribution in [2.45, 2.75) is 0 Å². The minimum absolute atomic E-state index is 0.868. The molecule has 9 rings (SSSR count). The van der Waals surface area contributed by atoms with Gasteiger partial charge in [0.05, 0.1) is 5.69 Å². The molecule has 0 spiro atoms. The van der Waals surface area contributed by atoms with Gasteiger partial charge in [0.15, 0.2) is 0 Å². The molecule has 0 fully saturated rings. The molecule has 0 bridgehead atoms. The molecule has 49 heavy (non-hydrogen) atoms. The van der Waals surface area contributed by atoms with E-state index in [9.17, 15) is 0 Å². The van der Waals surface area contributed by atoms with Gasteiger partial charge in [0.2, 0.25) is 0 Å². The summed E-state index contributed by atoms with van der Waals surface area (Å²) in [6, 6.07) is 68.3. The molecule has 3 nitrogen and oxygen atoms in total. The van der Waals surface area contributed by atoms with Crippen molar-refractivity contribution in [1.82, 2.24) is 0 Å². The Balaban J connectivity index is 1.09. The Morgan fingerprint density at radius 1 is 0.327 bits per heavy atom. The third-order valence-electron chi connectivity index (χ3n) is 9.23. The number of benzene rings is 8. The lowest BCUT2D eigenvalue weighted by Crippen LogP contribution is -2.11. The molecule has 1 aliphatic rings.